The van der Waals surface area contributed by atoms with Crippen LogP contribution in [0.25, 0.3) is 0 Å². The second kappa shape index (κ2) is 5.59. The minimum Gasteiger partial charge on any atom is -0.481 e. The van der Waals surface area contributed by atoms with Crippen LogP contribution in [-0.2, 0) is 14.3 Å². The lowest BCUT2D eigenvalue weighted by molar-refractivity contribution is -0.186. The predicted octanol–water partition coefficient (Wildman–Crippen LogP) is 2.15. The Morgan fingerprint density at radius 1 is 1.43 bits per heavy atom. The molecule has 0 aromatic heterocycles. The largest absolute Gasteiger partial charge is 0.481 e. The first kappa shape index (κ1) is 16.3. The van der Waals surface area contributed by atoms with Crippen molar-refractivity contribution in [2.75, 3.05) is 6.61 Å². The maximum Gasteiger partial charge on any atom is 0.308 e. The van der Waals surface area contributed by atoms with E-state index in [9.17, 15) is 14.7 Å². The van der Waals surface area contributed by atoms with Crippen molar-refractivity contribution in [2.24, 2.45) is 17.3 Å². The molecular weight excluding hydrogens is 270 g/mol. The van der Waals surface area contributed by atoms with E-state index in [-0.39, 0.29) is 35.4 Å². The zero-order valence-electron chi connectivity index (χ0n) is 13.6. The molecule has 1 amide bonds. The topological polar surface area (TPSA) is 66.8 Å². The van der Waals surface area contributed by atoms with E-state index < -0.39 is 11.9 Å². The molecule has 1 aliphatic carbocycles. The van der Waals surface area contributed by atoms with Crippen molar-refractivity contribution in [2.45, 2.75) is 65.6 Å². The Morgan fingerprint density at radius 3 is 2.52 bits per heavy atom. The van der Waals surface area contributed by atoms with E-state index in [1.807, 2.05) is 25.7 Å². The van der Waals surface area contributed by atoms with Gasteiger partial charge >= 0.3 is 5.97 Å². The normalized spacial score (nSPS) is 39.0. The fraction of sp³-hybridized carbons (Fsp3) is 0.875. The summed E-state index contributed by atoms with van der Waals surface area (Å²) in [4.78, 5) is 25.8. The Balaban J connectivity index is 2.19. The van der Waals surface area contributed by atoms with Crippen LogP contribution in [0.4, 0.5) is 0 Å². The monoisotopic (exact) mass is 297 g/mol. The highest BCUT2D eigenvalue weighted by Gasteiger charge is 2.56. The zero-order valence-corrected chi connectivity index (χ0v) is 13.6. The van der Waals surface area contributed by atoms with E-state index in [1.54, 1.807) is 0 Å². The van der Waals surface area contributed by atoms with Crippen LogP contribution in [0.2, 0.25) is 0 Å². The minimum absolute atomic E-state index is 0.0749. The van der Waals surface area contributed by atoms with Crippen LogP contribution in [0.5, 0.6) is 0 Å². The number of piperidine rings is 1. The van der Waals surface area contributed by atoms with Crippen LogP contribution < -0.4 is 0 Å². The van der Waals surface area contributed by atoms with Gasteiger partial charge in [-0.25, -0.2) is 0 Å². The van der Waals surface area contributed by atoms with Crippen molar-refractivity contribution in [3.63, 3.8) is 0 Å². The van der Waals surface area contributed by atoms with Gasteiger partial charge in [-0.1, -0.05) is 20.8 Å². The van der Waals surface area contributed by atoms with Gasteiger partial charge in [0.25, 0.3) is 0 Å². The molecule has 120 valence electrons. The number of hydrogen-bond acceptors (Lipinski definition) is 3. The van der Waals surface area contributed by atoms with Crippen molar-refractivity contribution in [1.29, 1.82) is 0 Å². The van der Waals surface area contributed by atoms with Gasteiger partial charge in [0.2, 0.25) is 5.91 Å². The number of nitrogens with zero attached hydrogens (tertiary/aromatic N) is 1. The Bertz CT molecular complexity index is 434. The molecule has 0 aromatic rings. The van der Waals surface area contributed by atoms with Gasteiger partial charge in [0.1, 0.15) is 0 Å². The van der Waals surface area contributed by atoms with Gasteiger partial charge in [0.05, 0.1) is 12.0 Å². The van der Waals surface area contributed by atoms with Crippen LogP contribution in [0.1, 0.15) is 47.5 Å². The molecule has 0 radical (unpaired) electrons. The molecule has 0 aromatic carbocycles. The molecule has 1 saturated heterocycles. The van der Waals surface area contributed by atoms with Crippen LogP contribution in [0.3, 0.4) is 0 Å². The maximum atomic E-state index is 12.5. The fourth-order valence-electron chi connectivity index (χ4n) is 4.11. The first-order valence-corrected chi connectivity index (χ1v) is 7.87. The molecule has 2 aliphatic rings. The van der Waals surface area contributed by atoms with E-state index in [1.165, 1.54) is 0 Å². The molecule has 1 heterocycles. The number of rotatable bonds is 4. The molecule has 0 spiro atoms. The first-order valence-electron chi connectivity index (χ1n) is 7.87. The number of carboxylic acid groups (broad SMARTS) is 1. The number of amides is 1. The zero-order chi connectivity index (χ0) is 15.9. The maximum absolute atomic E-state index is 12.5. The van der Waals surface area contributed by atoms with Crippen molar-refractivity contribution in [1.82, 2.24) is 4.90 Å². The quantitative estimate of drug-likeness (QED) is 0.863. The summed E-state index contributed by atoms with van der Waals surface area (Å²) in [5.74, 6) is -1.30. The van der Waals surface area contributed by atoms with Gasteiger partial charge in [-0.15, -0.1) is 0 Å². The standard InChI is InChI=1S/C16H27NO4/c1-6-21-12-8-11(16(12,4)5)17-10(3)14(15(19)20)9(2)7-13(17)18/h9-12,14H,6-8H2,1-5H3,(H,19,20). The van der Waals surface area contributed by atoms with Crippen LogP contribution >= 0.6 is 0 Å². The van der Waals surface area contributed by atoms with E-state index in [2.05, 4.69) is 13.8 Å². The third-order valence-electron chi connectivity index (χ3n) is 5.47. The Kier molecular flexibility index (Phi) is 4.34. The second-order valence-electron chi connectivity index (χ2n) is 7.10. The number of carboxylic acids is 1. The van der Waals surface area contributed by atoms with Gasteiger partial charge in [0, 0.05) is 30.5 Å². The highest BCUT2D eigenvalue weighted by Crippen LogP contribution is 2.48. The summed E-state index contributed by atoms with van der Waals surface area (Å²) < 4.78 is 5.73. The average molecular weight is 297 g/mol. The molecule has 21 heavy (non-hydrogen) atoms. The van der Waals surface area contributed by atoms with Crippen LogP contribution in [0.15, 0.2) is 0 Å². The van der Waals surface area contributed by atoms with Crippen molar-refractivity contribution in [3.8, 4) is 0 Å². The number of carbonyl (C=O) groups excluding carboxylic acids is 1. The summed E-state index contributed by atoms with van der Waals surface area (Å²) in [5, 5.41) is 9.46. The molecule has 1 saturated carbocycles. The van der Waals surface area contributed by atoms with Crippen molar-refractivity contribution in [3.05, 3.63) is 0 Å². The van der Waals surface area contributed by atoms with E-state index in [4.69, 9.17) is 4.74 Å². The molecule has 5 atom stereocenters. The predicted molar refractivity (Wildman–Crippen MR) is 78.8 cm³/mol. The number of likely N-dealkylation sites (tertiary alicyclic amines) is 1. The summed E-state index contributed by atoms with van der Waals surface area (Å²) in [7, 11) is 0. The third-order valence-corrected chi connectivity index (χ3v) is 5.47. The average Bonchev–Trinajstić information content (AvgIpc) is 2.35. The second-order valence-corrected chi connectivity index (χ2v) is 7.10. The number of ether oxygens (including phenoxy) is 1. The molecule has 1 N–H and O–H groups in total. The van der Waals surface area contributed by atoms with Gasteiger partial charge in [-0.05, 0) is 26.2 Å². The molecule has 5 heteroatoms. The number of carbonyl (C=O) groups is 2. The van der Waals surface area contributed by atoms with Gasteiger partial charge in [0.15, 0.2) is 0 Å². The molecular formula is C16H27NO4. The van der Waals surface area contributed by atoms with Crippen molar-refractivity contribution >= 4 is 11.9 Å². The van der Waals surface area contributed by atoms with E-state index in [0.717, 1.165) is 6.42 Å². The highest BCUT2D eigenvalue weighted by atomic mass is 16.5. The summed E-state index contributed by atoms with van der Waals surface area (Å²) in [6.07, 6.45) is 1.28. The lowest BCUT2D eigenvalue weighted by Gasteiger charge is -2.59. The molecule has 2 rings (SSSR count). The highest BCUT2D eigenvalue weighted by molar-refractivity contribution is 5.82. The SMILES string of the molecule is CCOC1CC(N2C(=O)CC(C)C(C(=O)O)C2C)C1(C)C. The van der Waals surface area contributed by atoms with Gasteiger partial charge in [-0.2, -0.15) is 0 Å². The molecule has 5 unspecified atom stereocenters. The fourth-order valence-corrected chi connectivity index (χ4v) is 4.11. The Morgan fingerprint density at radius 2 is 2.05 bits per heavy atom. The summed E-state index contributed by atoms with van der Waals surface area (Å²) in [6, 6.07) is -0.184. The summed E-state index contributed by atoms with van der Waals surface area (Å²) in [5.41, 5.74) is -0.121. The number of aliphatic carboxylic acids is 1. The van der Waals surface area contributed by atoms with Gasteiger partial charge < -0.3 is 14.7 Å². The number of hydrogen-bond donors (Lipinski definition) is 1. The summed E-state index contributed by atoms with van der Waals surface area (Å²) in [6.45, 7) is 10.6. The Labute approximate surface area is 126 Å². The lowest BCUT2D eigenvalue weighted by atomic mass is 9.62. The van der Waals surface area contributed by atoms with E-state index >= 15 is 0 Å². The molecule has 2 fully saturated rings. The first-order chi connectivity index (χ1) is 9.71. The van der Waals surface area contributed by atoms with Crippen LogP contribution in [0, 0.1) is 17.3 Å². The van der Waals surface area contributed by atoms with Crippen molar-refractivity contribution < 1.29 is 19.4 Å². The molecule has 1 aliphatic heterocycles. The van der Waals surface area contributed by atoms with Crippen LogP contribution in [-0.4, -0.2) is 46.7 Å². The minimum atomic E-state index is -0.800. The Hall–Kier alpha value is -1.10. The molecule has 5 nitrogen and oxygen atoms in total. The van der Waals surface area contributed by atoms with E-state index in [0.29, 0.717) is 13.0 Å². The third kappa shape index (κ3) is 2.56. The summed E-state index contributed by atoms with van der Waals surface area (Å²) >= 11 is 0. The molecule has 0 bridgehead atoms. The van der Waals surface area contributed by atoms with Gasteiger partial charge in [-0.3, -0.25) is 9.59 Å². The smallest absolute Gasteiger partial charge is 0.308 e. The lowest BCUT2D eigenvalue weighted by Crippen LogP contribution is -2.68.